The van der Waals surface area contributed by atoms with Gasteiger partial charge in [0.05, 0.1) is 23.4 Å². The summed E-state index contributed by atoms with van der Waals surface area (Å²) in [7, 11) is 0. The van der Waals surface area contributed by atoms with Crippen molar-refractivity contribution in [2.24, 2.45) is 0 Å². The number of fused-ring (bicyclic) bond motifs is 1. The number of aliphatic hydroxyl groups excluding tert-OH is 3. The molecule has 3 rings (SSSR count). The molecule has 1 aliphatic heterocycles. The predicted molar refractivity (Wildman–Crippen MR) is 69.4 cm³/mol. The van der Waals surface area contributed by atoms with Crippen LogP contribution in [0.5, 0.6) is 0 Å². The first-order valence-electron chi connectivity index (χ1n) is 6.27. The van der Waals surface area contributed by atoms with Crippen molar-refractivity contribution < 1.29 is 25.0 Å². The molecule has 1 fully saturated rings. The van der Waals surface area contributed by atoms with Crippen LogP contribution in [0.4, 0.5) is 5.69 Å². The van der Waals surface area contributed by atoms with Crippen LogP contribution < -0.4 is 0 Å². The van der Waals surface area contributed by atoms with Crippen LogP contribution in [0.15, 0.2) is 24.5 Å². The van der Waals surface area contributed by atoms with E-state index < -0.39 is 36.1 Å². The lowest BCUT2D eigenvalue weighted by Crippen LogP contribution is -2.33. The summed E-state index contributed by atoms with van der Waals surface area (Å²) in [6.07, 6.45) is -3.09. The summed E-state index contributed by atoms with van der Waals surface area (Å²) < 4.78 is 6.80. The fourth-order valence-electron chi connectivity index (χ4n) is 2.50. The Morgan fingerprint density at radius 2 is 2.14 bits per heavy atom. The number of aromatic nitrogens is 2. The third-order valence-electron chi connectivity index (χ3n) is 3.57. The zero-order valence-electron chi connectivity index (χ0n) is 10.7. The lowest BCUT2D eigenvalue weighted by molar-refractivity contribution is -0.383. The van der Waals surface area contributed by atoms with Crippen LogP contribution in [-0.4, -0.2) is 54.7 Å². The second-order valence-corrected chi connectivity index (χ2v) is 4.78. The first-order valence-corrected chi connectivity index (χ1v) is 6.27. The minimum Gasteiger partial charge on any atom is -0.394 e. The highest BCUT2D eigenvalue weighted by atomic mass is 16.6. The molecule has 0 amide bonds. The number of hydrogen-bond acceptors (Lipinski definition) is 7. The molecule has 1 aromatic heterocycles. The largest absolute Gasteiger partial charge is 0.394 e. The van der Waals surface area contributed by atoms with Gasteiger partial charge in [-0.15, -0.1) is 0 Å². The number of benzene rings is 1. The molecule has 1 saturated heterocycles. The van der Waals surface area contributed by atoms with Gasteiger partial charge >= 0.3 is 0 Å². The van der Waals surface area contributed by atoms with E-state index in [-0.39, 0.29) is 11.2 Å². The van der Waals surface area contributed by atoms with E-state index in [1.165, 1.54) is 23.0 Å². The number of nitro benzene ring substituents is 1. The molecule has 3 N–H and O–H groups in total. The number of rotatable bonds is 3. The molecule has 0 bridgehead atoms. The quantitative estimate of drug-likeness (QED) is 0.516. The molecule has 1 aliphatic rings. The Labute approximate surface area is 118 Å². The van der Waals surface area contributed by atoms with Crippen LogP contribution >= 0.6 is 0 Å². The topological polar surface area (TPSA) is 131 Å². The van der Waals surface area contributed by atoms with E-state index in [1.807, 2.05) is 0 Å². The van der Waals surface area contributed by atoms with Crippen LogP contribution in [0, 0.1) is 10.1 Å². The summed E-state index contributed by atoms with van der Waals surface area (Å²) in [5.74, 6) is 0. The second kappa shape index (κ2) is 5.04. The summed E-state index contributed by atoms with van der Waals surface area (Å²) in [4.78, 5) is 14.4. The first-order chi connectivity index (χ1) is 10.0. The Hall–Kier alpha value is -2.07. The van der Waals surface area contributed by atoms with Crippen molar-refractivity contribution in [1.82, 2.24) is 9.55 Å². The number of ether oxygens (including phenoxy) is 1. The van der Waals surface area contributed by atoms with Gasteiger partial charge in [-0.1, -0.05) is 6.07 Å². The average Bonchev–Trinajstić information content (AvgIpc) is 3.01. The number of hydrogen-bond donors (Lipinski definition) is 3. The number of nitro groups is 1. The van der Waals surface area contributed by atoms with Gasteiger partial charge in [0.1, 0.15) is 18.3 Å². The van der Waals surface area contributed by atoms with Gasteiger partial charge < -0.3 is 24.6 Å². The maximum atomic E-state index is 11.0. The van der Waals surface area contributed by atoms with E-state index in [1.54, 1.807) is 6.07 Å². The molecular formula is C12H13N3O6. The first kappa shape index (κ1) is 13.9. The zero-order valence-corrected chi connectivity index (χ0v) is 10.7. The molecule has 112 valence electrons. The van der Waals surface area contributed by atoms with Crippen molar-refractivity contribution in [2.75, 3.05) is 6.61 Å². The van der Waals surface area contributed by atoms with Gasteiger partial charge in [0.15, 0.2) is 11.7 Å². The highest BCUT2D eigenvalue weighted by molar-refractivity contribution is 5.84. The third kappa shape index (κ3) is 2.07. The Kier molecular flexibility index (Phi) is 3.33. The molecule has 1 unspecified atom stereocenters. The lowest BCUT2D eigenvalue weighted by atomic mass is 10.1. The van der Waals surface area contributed by atoms with Crippen molar-refractivity contribution in [3.63, 3.8) is 0 Å². The van der Waals surface area contributed by atoms with Gasteiger partial charge in [0.2, 0.25) is 0 Å². The SMILES string of the molecule is O=[N+]([O-])c1cccc2c1ncn2C1O[C@H](CO)[C@@H](O)[C@H]1O. The smallest absolute Gasteiger partial charge is 0.297 e. The summed E-state index contributed by atoms with van der Waals surface area (Å²) >= 11 is 0. The standard InChI is InChI=1S/C12H13N3O6/c16-4-8-10(17)11(18)12(21-8)14-5-13-9-6(14)2-1-3-7(9)15(19)20/h1-3,5,8,10-12,16-18H,4H2/t8-,10-,11-,12?/m1/s1. The lowest BCUT2D eigenvalue weighted by Gasteiger charge is -2.16. The molecule has 0 radical (unpaired) electrons. The highest BCUT2D eigenvalue weighted by Crippen LogP contribution is 2.33. The third-order valence-corrected chi connectivity index (χ3v) is 3.57. The Morgan fingerprint density at radius 1 is 1.38 bits per heavy atom. The molecule has 9 heteroatoms. The molecule has 9 nitrogen and oxygen atoms in total. The van der Waals surface area contributed by atoms with Crippen LogP contribution in [-0.2, 0) is 4.74 Å². The molecule has 2 aromatic rings. The number of para-hydroxylation sites is 1. The van der Waals surface area contributed by atoms with Gasteiger partial charge in [-0.05, 0) is 6.07 Å². The van der Waals surface area contributed by atoms with Crippen molar-refractivity contribution in [3.8, 4) is 0 Å². The number of imidazole rings is 1. The minimum atomic E-state index is -1.26. The van der Waals surface area contributed by atoms with Gasteiger partial charge in [0, 0.05) is 6.07 Å². The predicted octanol–water partition coefficient (Wildman–Crippen LogP) is -0.444. The zero-order chi connectivity index (χ0) is 15.1. The summed E-state index contributed by atoms with van der Waals surface area (Å²) in [6.45, 7) is -0.443. The van der Waals surface area contributed by atoms with E-state index in [2.05, 4.69) is 4.98 Å². The highest BCUT2D eigenvalue weighted by Gasteiger charge is 2.43. The van der Waals surface area contributed by atoms with E-state index in [0.717, 1.165) is 0 Å². The van der Waals surface area contributed by atoms with Gasteiger partial charge in [-0.2, -0.15) is 0 Å². The summed E-state index contributed by atoms with van der Waals surface area (Å²) in [5, 5.41) is 39.8. The van der Waals surface area contributed by atoms with Gasteiger partial charge in [-0.3, -0.25) is 10.1 Å². The van der Waals surface area contributed by atoms with Crippen LogP contribution in [0.2, 0.25) is 0 Å². The minimum absolute atomic E-state index is 0.155. The van der Waals surface area contributed by atoms with Crippen LogP contribution in [0.1, 0.15) is 6.23 Å². The maximum absolute atomic E-state index is 11.0. The molecule has 0 aliphatic carbocycles. The molecule has 0 saturated carbocycles. The molecule has 2 heterocycles. The molecule has 21 heavy (non-hydrogen) atoms. The second-order valence-electron chi connectivity index (χ2n) is 4.78. The Bertz CT molecular complexity index is 687. The van der Waals surface area contributed by atoms with Gasteiger partial charge in [-0.25, -0.2) is 4.98 Å². The fourth-order valence-corrected chi connectivity index (χ4v) is 2.50. The average molecular weight is 295 g/mol. The Balaban J connectivity index is 2.06. The number of non-ortho nitro benzene ring substituents is 1. The van der Waals surface area contributed by atoms with E-state index in [0.29, 0.717) is 5.52 Å². The summed E-state index contributed by atoms with van der Waals surface area (Å²) in [6, 6.07) is 4.43. The molecule has 1 aromatic carbocycles. The van der Waals surface area contributed by atoms with Crippen molar-refractivity contribution in [1.29, 1.82) is 0 Å². The maximum Gasteiger partial charge on any atom is 0.297 e. The molecule has 4 atom stereocenters. The van der Waals surface area contributed by atoms with Crippen LogP contribution in [0.25, 0.3) is 11.0 Å². The number of aliphatic hydroxyl groups is 3. The van der Waals surface area contributed by atoms with Crippen molar-refractivity contribution >= 4 is 16.7 Å². The Morgan fingerprint density at radius 3 is 2.76 bits per heavy atom. The van der Waals surface area contributed by atoms with Crippen molar-refractivity contribution in [2.45, 2.75) is 24.5 Å². The van der Waals surface area contributed by atoms with Crippen molar-refractivity contribution in [3.05, 3.63) is 34.6 Å². The molecular weight excluding hydrogens is 282 g/mol. The normalized spacial score (nSPS) is 29.1. The monoisotopic (exact) mass is 295 g/mol. The van der Waals surface area contributed by atoms with E-state index >= 15 is 0 Å². The number of nitrogens with zero attached hydrogens (tertiary/aromatic N) is 3. The molecule has 0 spiro atoms. The summed E-state index contributed by atoms with van der Waals surface area (Å²) in [5.41, 5.74) is 0.414. The van der Waals surface area contributed by atoms with Crippen LogP contribution in [0.3, 0.4) is 0 Å². The van der Waals surface area contributed by atoms with E-state index in [4.69, 9.17) is 9.84 Å². The fraction of sp³-hybridized carbons (Fsp3) is 0.417. The van der Waals surface area contributed by atoms with E-state index in [9.17, 15) is 20.3 Å². The van der Waals surface area contributed by atoms with Gasteiger partial charge in [0.25, 0.3) is 5.69 Å².